The van der Waals surface area contributed by atoms with Crippen molar-refractivity contribution in [1.82, 2.24) is 4.90 Å². The van der Waals surface area contributed by atoms with Crippen LogP contribution in [0.4, 0.5) is 5.69 Å². The molecule has 0 aromatic heterocycles. The van der Waals surface area contributed by atoms with Gasteiger partial charge < -0.3 is 15.2 Å². The Bertz CT molecular complexity index is 955. The summed E-state index contributed by atoms with van der Waals surface area (Å²) in [6.45, 7) is 0. The predicted octanol–water partition coefficient (Wildman–Crippen LogP) is 1.17. The number of methoxy groups -OCH3 is 1. The minimum atomic E-state index is -1.62. The van der Waals surface area contributed by atoms with Crippen molar-refractivity contribution >= 4 is 23.3 Å². The number of carbonyl (C=O) groups excluding carboxylic acids is 3. The molecule has 0 spiro atoms. The molecule has 2 N–H and O–H groups in total. The van der Waals surface area contributed by atoms with Gasteiger partial charge in [0, 0.05) is 18.3 Å². The van der Waals surface area contributed by atoms with E-state index in [2.05, 4.69) is 5.32 Å². The fraction of sp³-hybridized carbons (Fsp3) is 0.250. The zero-order valence-corrected chi connectivity index (χ0v) is 14.8. The van der Waals surface area contributed by atoms with Gasteiger partial charge in [0.1, 0.15) is 23.3 Å². The molecule has 1 fully saturated rings. The minimum Gasteiger partial charge on any atom is -0.497 e. The molecule has 2 amide bonds. The monoisotopic (exact) mass is 366 g/mol. The largest absolute Gasteiger partial charge is 0.497 e. The third kappa shape index (κ3) is 2.21. The van der Waals surface area contributed by atoms with E-state index >= 15 is 0 Å². The number of amides is 2. The first kappa shape index (κ1) is 17.2. The number of nitrogens with one attached hydrogen (secondary N) is 1. The first-order chi connectivity index (χ1) is 12.9. The third-order valence-corrected chi connectivity index (χ3v) is 5.37. The summed E-state index contributed by atoms with van der Waals surface area (Å²) >= 11 is 0. The number of Topliss-reactive ketones (excluding diaryl/α,β-unsaturated/α-hetero) is 1. The molecule has 2 aliphatic heterocycles. The fourth-order valence-corrected chi connectivity index (χ4v) is 3.94. The van der Waals surface area contributed by atoms with Gasteiger partial charge in [-0.15, -0.1) is 0 Å². The summed E-state index contributed by atoms with van der Waals surface area (Å²) < 4.78 is 5.17. The molecule has 1 saturated heterocycles. The molecule has 0 bridgehead atoms. The molecule has 2 heterocycles. The second-order valence-corrected chi connectivity index (χ2v) is 6.69. The summed E-state index contributed by atoms with van der Waals surface area (Å²) in [6.07, 6.45) is -1.62. The van der Waals surface area contributed by atoms with Crippen molar-refractivity contribution in [2.45, 2.75) is 11.6 Å². The molecular weight excluding hydrogens is 348 g/mol. The number of ether oxygens (including phenoxy) is 1. The van der Waals surface area contributed by atoms with Gasteiger partial charge in [-0.05, 0) is 29.8 Å². The van der Waals surface area contributed by atoms with E-state index in [1.165, 1.54) is 14.2 Å². The molecular formula is C20H18N2O5. The number of likely N-dealkylation sites (N-methyl/N-ethyl adjacent to an activating group) is 1. The van der Waals surface area contributed by atoms with Crippen LogP contribution in [-0.4, -0.2) is 47.9 Å². The number of aliphatic hydroxyl groups is 1. The van der Waals surface area contributed by atoms with Gasteiger partial charge in [-0.25, -0.2) is 0 Å². The van der Waals surface area contributed by atoms with Crippen molar-refractivity contribution < 1.29 is 24.2 Å². The molecule has 2 aromatic rings. The molecule has 2 aliphatic rings. The lowest BCUT2D eigenvalue weighted by Gasteiger charge is -2.34. The van der Waals surface area contributed by atoms with Gasteiger partial charge in [0.15, 0.2) is 5.78 Å². The minimum absolute atomic E-state index is 0.358. The average Bonchev–Trinajstić information content (AvgIpc) is 3.09. The molecule has 4 rings (SSSR count). The van der Waals surface area contributed by atoms with E-state index in [-0.39, 0.29) is 5.78 Å². The second-order valence-electron chi connectivity index (χ2n) is 6.69. The number of anilines is 1. The Morgan fingerprint density at radius 1 is 1.04 bits per heavy atom. The van der Waals surface area contributed by atoms with E-state index in [1.54, 1.807) is 48.5 Å². The number of aliphatic hydroxyl groups excluding tert-OH is 1. The van der Waals surface area contributed by atoms with Gasteiger partial charge in [0.25, 0.3) is 5.91 Å². The van der Waals surface area contributed by atoms with Crippen molar-refractivity contribution in [3.63, 3.8) is 0 Å². The molecule has 0 aliphatic carbocycles. The van der Waals surface area contributed by atoms with Crippen molar-refractivity contribution in [1.29, 1.82) is 0 Å². The van der Waals surface area contributed by atoms with E-state index in [9.17, 15) is 19.5 Å². The normalized spacial score (nSPS) is 26.9. The lowest BCUT2D eigenvalue weighted by Crippen LogP contribution is -2.52. The summed E-state index contributed by atoms with van der Waals surface area (Å²) in [5.74, 6) is -2.36. The van der Waals surface area contributed by atoms with Crippen LogP contribution >= 0.6 is 0 Å². The van der Waals surface area contributed by atoms with Crippen LogP contribution in [0.15, 0.2) is 48.5 Å². The first-order valence-electron chi connectivity index (χ1n) is 8.48. The summed E-state index contributed by atoms with van der Waals surface area (Å²) in [5, 5.41) is 13.7. The maximum Gasteiger partial charge on any atom is 0.258 e. The Hall–Kier alpha value is -3.19. The predicted molar refractivity (Wildman–Crippen MR) is 96.3 cm³/mol. The van der Waals surface area contributed by atoms with Crippen molar-refractivity contribution in [3.8, 4) is 5.75 Å². The highest BCUT2D eigenvalue weighted by atomic mass is 16.5. The highest BCUT2D eigenvalue weighted by Crippen LogP contribution is 2.47. The summed E-state index contributed by atoms with van der Waals surface area (Å²) in [6, 6.07) is 13.6. The van der Waals surface area contributed by atoms with Crippen LogP contribution in [-0.2, 0) is 15.1 Å². The van der Waals surface area contributed by atoms with Gasteiger partial charge in [0.2, 0.25) is 5.91 Å². The number of hydrogen-bond acceptors (Lipinski definition) is 6. The van der Waals surface area contributed by atoms with Gasteiger partial charge in [0.05, 0.1) is 7.11 Å². The third-order valence-electron chi connectivity index (χ3n) is 5.37. The van der Waals surface area contributed by atoms with E-state index < -0.39 is 29.4 Å². The number of benzene rings is 2. The van der Waals surface area contributed by atoms with Gasteiger partial charge >= 0.3 is 0 Å². The van der Waals surface area contributed by atoms with Crippen molar-refractivity contribution in [2.75, 3.05) is 19.5 Å². The lowest BCUT2D eigenvalue weighted by molar-refractivity contribution is -0.139. The highest BCUT2D eigenvalue weighted by Gasteiger charge is 2.62. The fourth-order valence-electron chi connectivity index (χ4n) is 3.94. The maximum atomic E-state index is 13.5. The van der Waals surface area contributed by atoms with Crippen LogP contribution in [0.2, 0.25) is 0 Å². The topological polar surface area (TPSA) is 95.9 Å². The van der Waals surface area contributed by atoms with E-state index in [0.717, 1.165) is 4.90 Å². The Morgan fingerprint density at radius 3 is 2.26 bits per heavy atom. The van der Waals surface area contributed by atoms with Crippen LogP contribution in [0.25, 0.3) is 0 Å². The number of carbonyl (C=O) groups is 3. The number of ketones is 1. The Kier molecular flexibility index (Phi) is 3.78. The standard InChI is InChI=1S/C20H18N2O5/c1-22-18(25)15(16(23)19(22)26)20(11-7-9-12(27-2)10-8-11)17(24)13-5-3-4-6-14(13)21-20/h3-10,15-16,21,23H,1-2H3. The maximum absolute atomic E-state index is 13.5. The molecule has 0 saturated carbocycles. The van der Waals surface area contributed by atoms with Gasteiger partial charge in [-0.3, -0.25) is 19.3 Å². The molecule has 27 heavy (non-hydrogen) atoms. The average molecular weight is 366 g/mol. The van der Waals surface area contributed by atoms with Crippen LogP contribution in [0.5, 0.6) is 5.75 Å². The highest BCUT2D eigenvalue weighted by molar-refractivity contribution is 6.19. The summed E-state index contributed by atoms with van der Waals surface area (Å²) in [4.78, 5) is 39.4. The quantitative estimate of drug-likeness (QED) is 0.792. The molecule has 7 nitrogen and oxygen atoms in total. The molecule has 0 radical (unpaired) electrons. The Labute approximate surface area is 155 Å². The summed E-state index contributed by atoms with van der Waals surface area (Å²) in [5.41, 5.74) is -0.131. The molecule has 7 heteroatoms. The lowest BCUT2D eigenvalue weighted by atomic mass is 9.73. The van der Waals surface area contributed by atoms with Crippen molar-refractivity contribution in [2.24, 2.45) is 5.92 Å². The summed E-state index contributed by atoms with van der Waals surface area (Å²) in [7, 11) is 2.83. The number of fused-ring (bicyclic) bond motifs is 1. The van der Waals surface area contributed by atoms with Gasteiger partial charge in [-0.1, -0.05) is 24.3 Å². The second kappa shape index (κ2) is 5.92. The first-order valence-corrected chi connectivity index (χ1v) is 8.48. The number of rotatable bonds is 3. The molecule has 3 unspecified atom stereocenters. The number of nitrogens with zero attached hydrogens (tertiary/aromatic N) is 1. The Morgan fingerprint density at radius 2 is 1.70 bits per heavy atom. The smallest absolute Gasteiger partial charge is 0.258 e. The number of likely N-dealkylation sites (tertiary alicyclic amines) is 1. The van der Waals surface area contributed by atoms with Crippen LogP contribution in [0.1, 0.15) is 15.9 Å². The van der Waals surface area contributed by atoms with Gasteiger partial charge in [-0.2, -0.15) is 0 Å². The van der Waals surface area contributed by atoms with Crippen LogP contribution < -0.4 is 10.1 Å². The SMILES string of the molecule is COc1ccc(C2(C3C(=O)N(C)C(=O)C3O)Nc3ccccc3C2=O)cc1. The molecule has 3 atom stereocenters. The molecule has 2 aromatic carbocycles. The van der Waals surface area contributed by atoms with Crippen LogP contribution in [0, 0.1) is 5.92 Å². The molecule has 138 valence electrons. The Balaban J connectivity index is 1.93. The van der Waals surface area contributed by atoms with E-state index in [1.807, 2.05) is 0 Å². The zero-order valence-electron chi connectivity index (χ0n) is 14.8. The van der Waals surface area contributed by atoms with E-state index in [0.29, 0.717) is 22.6 Å². The number of hydrogen-bond donors (Lipinski definition) is 2. The van der Waals surface area contributed by atoms with E-state index in [4.69, 9.17) is 4.74 Å². The number of imide groups is 1. The van der Waals surface area contributed by atoms with Crippen molar-refractivity contribution in [3.05, 3.63) is 59.7 Å². The van der Waals surface area contributed by atoms with Crippen LogP contribution in [0.3, 0.4) is 0 Å². The number of para-hydroxylation sites is 1. The zero-order chi connectivity index (χ0) is 19.3.